The lowest BCUT2D eigenvalue weighted by molar-refractivity contribution is 0.0953. The Morgan fingerprint density at radius 2 is 2.29 bits per heavy atom. The Morgan fingerprint density at radius 1 is 1.57 bits per heavy atom. The second-order valence-corrected chi connectivity index (χ2v) is 2.74. The molecule has 1 aromatic carbocycles. The van der Waals surface area contributed by atoms with E-state index in [0.29, 0.717) is 12.3 Å². The summed E-state index contributed by atoms with van der Waals surface area (Å²) in [6.45, 7) is 2.34. The van der Waals surface area contributed by atoms with Crippen LogP contribution in [-0.4, -0.2) is 24.7 Å². The fraction of sp³-hybridized carbons (Fsp3) is 0.300. The standard InChI is InChI=1S/C10H13NO3/c1-3-11-10(13)8-6-7(14-2)4-5-9(8)12/h4-6,12H,3H2,1-2H3,(H,11,13). The van der Waals surface area contributed by atoms with E-state index in [1.807, 2.05) is 6.92 Å². The van der Waals surface area contributed by atoms with Gasteiger partial charge < -0.3 is 15.2 Å². The van der Waals surface area contributed by atoms with Gasteiger partial charge in [0.05, 0.1) is 12.7 Å². The average Bonchev–Trinajstić information content (AvgIpc) is 2.19. The predicted octanol–water partition coefficient (Wildman–Crippen LogP) is 1.15. The number of methoxy groups -OCH3 is 1. The first-order valence-corrected chi connectivity index (χ1v) is 4.34. The number of carbonyl (C=O) groups is 1. The maximum atomic E-state index is 11.4. The zero-order valence-electron chi connectivity index (χ0n) is 8.20. The molecule has 0 atom stereocenters. The number of ether oxygens (including phenoxy) is 1. The number of phenols is 1. The molecule has 0 heterocycles. The van der Waals surface area contributed by atoms with Gasteiger partial charge in [-0.2, -0.15) is 0 Å². The summed E-state index contributed by atoms with van der Waals surface area (Å²) in [6, 6.07) is 4.53. The maximum Gasteiger partial charge on any atom is 0.255 e. The number of phenolic OH excluding ortho intramolecular Hbond substituents is 1. The predicted molar refractivity (Wildman–Crippen MR) is 52.7 cm³/mol. The van der Waals surface area contributed by atoms with Gasteiger partial charge in [0.2, 0.25) is 0 Å². The van der Waals surface area contributed by atoms with Gasteiger partial charge in [0.15, 0.2) is 0 Å². The summed E-state index contributed by atoms with van der Waals surface area (Å²) < 4.78 is 4.95. The Kier molecular flexibility index (Phi) is 3.34. The number of aromatic hydroxyl groups is 1. The highest BCUT2D eigenvalue weighted by Crippen LogP contribution is 2.22. The van der Waals surface area contributed by atoms with Crippen LogP contribution in [0.15, 0.2) is 18.2 Å². The van der Waals surface area contributed by atoms with Crippen molar-refractivity contribution in [1.29, 1.82) is 0 Å². The lowest BCUT2D eigenvalue weighted by Crippen LogP contribution is -2.22. The normalized spacial score (nSPS) is 9.57. The van der Waals surface area contributed by atoms with Gasteiger partial charge in [-0.3, -0.25) is 4.79 Å². The van der Waals surface area contributed by atoms with E-state index in [9.17, 15) is 9.90 Å². The number of hydrogen-bond donors (Lipinski definition) is 2. The fourth-order valence-corrected chi connectivity index (χ4v) is 1.08. The Bertz CT molecular complexity index is 336. The maximum absolute atomic E-state index is 11.4. The lowest BCUT2D eigenvalue weighted by Gasteiger charge is -2.06. The third kappa shape index (κ3) is 2.16. The molecule has 0 spiro atoms. The summed E-state index contributed by atoms with van der Waals surface area (Å²) in [6.07, 6.45) is 0. The number of benzene rings is 1. The minimum atomic E-state index is -0.302. The van der Waals surface area contributed by atoms with Crippen LogP contribution in [0.1, 0.15) is 17.3 Å². The van der Waals surface area contributed by atoms with Gasteiger partial charge in [-0.05, 0) is 25.1 Å². The van der Waals surface area contributed by atoms with E-state index in [1.54, 1.807) is 6.07 Å². The first kappa shape index (κ1) is 10.4. The monoisotopic (exact) mass is 195 g/mol. The van der Waals surface area contributed by atoms with Gasteiger partial charge >= 0.3 is 0 Å². The zero-order valence-corrected chi connectivity index (χ0v) is 8.20. The second-order valence-electron chi connectivity index (χ2n) is 2.74. The van der Waals surface area contributed by atoms with Crippen LogP contribution >= 0.6 is 0 Å². The lowest BCUT2D eigenvalue weighted by atomic mass is 10.2. The van der Waals surface area contributed by atoms with Crippen molar-refractivity contribution in [2.75, 3.05) is 13.7 Å². The molecule has 0 saturated carbocycles. The molecule has 0 aliphatic heterocycles. The van der Waals surface area contributed by atoms with E-state index in [4.69, 9.17) is 4.74 Å². The molecule has 0 fully saturated rings. The van der Waals surface area contributed by atoms with Crippen molar-refractivity contribution < 1.29 is 14.6 Å². The largest absolute Gasteiger partial charge is 0.507 e. The van der Waals surface area contributed by atoms with Gasteiger partial charge in [-0.1, -0.05) is 0 Å². The molecule has 0 unspecified atom stereocenters. The van der Waals surface area contributed by atoms with Gasteiger partial charge in [0, 0.05) is 6.54 Å². The van der Waals surface area contributed by atoms with E-state index in [0.717, 1.165) is 0 Å². The van der Waals surface area contributed by atoms with Crippen LogP contribution < -0.4 is 10.1 Å². The van der Waals surface area contributed by atoms with Crippen LogP contribution in [0, 0.1) is 0 Å². The first-order chi connectivity index (χ1) is 6.69. The fourth-order valence-electron chi connectivity index (χ4n) is 1.08. The number of hydrogen-bond acceptors (Lipinski definition) is 3. The van der Waals surface area contributed by atoms with Crippen LogP contribution in [-0.2, 0) is 0 Å². The molecule has 0 aromatic heterocycles. The van der Waals surface area contributed by atoms with E-state index in [2.05, 4.69) is 5.32 Å². The van der Waals surface area contributed by atoms with E-state index < -0.39 is 0 Å². The molecule has 0 aliphatic rings. The van der Waals surface area contributed by atoms with Crippen molar-refractivity contribution in [1.82, 2.24) is 5.32 Å². The van der Waals surface area contributed by atoms with Crippen molar-refractivity contribution in [3.8, 4) is 11.5 Å². The molecule has 0 bridgehead atoms. The molecule has 0 aliphatic carbocycles. The van der Waals surface area contributed by atoms with Crippen LogP contribution in [0.5, 0.6) is 11.5 Å². The van der Waals surface area contributed by atoms with Crippen LogP contribution in [0.2, 0.25) is 0 Å². The molecule has 14 heavy (non-hydrogen) atoms. The highest BCUT2D eigenvalue weighted by Gasteiger charge is 2.10. The minimum absolute atomic E-state index is 0.0447. The number of carbonyl (C=O) groups excluding carboxylic acids is 1. The zero-order chi connectivity index (χ0) is 10.6. The van der Waals surface area contributed by atoms with E-state index in [1.165, 1.54) is 19.2 Å². The highest BCUT2D eigenvalue weighted by atomic mass is 16.5. The second kappa shape index (κ2) is 4.50. The summed E-state index contributed by atoms with van der Waals surface area (Å²) in [5, 5.41) is 12.0. The van der Waals surface area contributed by atoms with E-state index in [-0.39, 0.29) is 17.2 Å². The Hall–Kier alpha value is -1.71. The number of rotatable bonds is 3. The van der Waals surface area contributed by atoms with Crippen LogP contribution in [0.25, 0.3) is 0 Å². The van der Waals surface area contributed by atoms with Gasteiger partial charge in [0.25, 0.3) is 5.91 Å². The van der Waals surface area contributed by atoms with Crippen LogP contribution in [0.4, 0.5) is 0 Å². The molecule has 4 nitrogen and oxygen atoms in total. The highest BCUT2D eigenvalue weighted by molar-refractivity contribution is 5.97. The molecular weight excluding hydrogens is 182 g/mol. The molecule has 1 rings (SSSR count). The van der Waals surface area contributed by atoms with Gasteiger partial charge in [-0.15, -0.1) is 0 Å². The van der Waals surface area contributed by atoms with Crippen molar-refractivity contribution >= 4 is 5.91 Å². The molecule has 4 heteroatoms. The Labute approximate surface area is 82.5 Å². The summed E-state index contributed by atoms with van der Waals surface area (Å²) in [7, 11) is 1.51. The summed E-state index contributed by atoms with van der Waals surface area (Å²) in [5.41, 5.74) is 0.228. The SMILES string of the molecule is CCNC(=O)c1cc(OC)ccc1O. The Morgan fingerprint density at radius 3 is 2.86 bits per heavy atom. The molecule has 0 saturated heterocycles. The van der Waals surface area contributed by atoms with Crippen LogP contribution in [0.3, 0.4) is 0 Å². The summed E-state index contributed by atoms with van der Waals surface area (Å²) in [5.74, 6) is 0.199. The molecule has 0 radical (unpaired) electrons. The Balaban J connectivity index is 2.99. The summed E-state index contributed by atoms with van der Waals surface area (Å²) in [4.78, 5) is 11.4. The van der Waals surface area contributed by atoms with Crippen molar-refractivity contribution in [2.45, 2.75) is 6.92 Å². The summed E-state index contributed by atoms with van der Waals surface area (Å²) >= 11 is 0. The molecule has 2 N–H and O–H groups in total. The minimum Gasteiger partial charge on any atom is -0.507 e. The molecule has 76 valence electrons. The number of nitrogens with one attached hydrogen (secondary N) is 1. The van der Waals surface area contributed by atoms with Gasteiger partial charge in [0.1, 0.15) is 11.5 Å². The topological polar surface area (TPSA) is 58.6 Å². The van der Waals surface area contributed by atoms with Gasteiger partial charge in [-0.25, -0.2) is 0 Å². The quantitative estimate of drug-likeness (QED) is 0.760. The average molecular weight is 195 g/mol. The molecular formula is C10H13NO3. The van der Waals surface area contributed by atoms with E-state index >= 15 is 0 Å². The molecule has 1 aromatic rings. The molecule has 1 amide bonds. The van der Waals surface area contributed by atoms with Crippen molar-refractivity contribution in [2.24, 2.45) is 0 Å². The first-order valence-electron chi connectivity index (χ1n) is 4.34. The third-order valence-corrected chi connectivity index (χ3v) is 1.79. The smallest absolute Gasteiger partial charge is 0.255 e. The number of amides is 1. The van der Waals surface area contributed by atoms with Crippen molar-refractivity contribution in [3.05, 3.63) is 23.8 Å². The van der Waals surface area contributed by atoms with Crippen molar-refractivity contribution in [3.63, 3.8) is 0 Å². The third-order valence-electron chi connectivity index (χ3n) is 1.79.